The molecule has 0 fully saturated rings. The molecule has 2 aromatic heterocycles. The van der Waals surface area contributed by atoms with Gasteiger partial charge in [0.15, 0.2) is 0 Å². The Morgan fingerprint density at radius 2 is 2.42 bits per heavy atom. The standard InChI is InChI=1S/C13H14FN3OS/c1-8(4-9-2-3-19-7-9)17-13(18)11-5-10(14)6-16-12(11)15/h2-3,5-8H,4H2,1H3,(H2,15,16)(H,17,18). The van der Waals surface area contributed by atoms with Gasteiger partial charge in [-0.25, -0.2) is 9.37 Å². The second-order valence-corrected chi connectivity index (χ2v) is 5.08. The Kier molecular flexibility index (Phi) is 4.11. The fourth-order valence-corrected chi connectivity index (χ4v) is 2.43. The lowest BCUT2D eigenvalue weighted by atomic mass is 10.1. The molecule has 0 aliphatic carbocycles. The van der Waals surface area contributed by atoms with Gasteiger partial charge in [-0.3, -0.25) is 4.79 Å². The Labute approximate surface area is 114 Å². The van der Waals surface area contributed by atoms with Crippen LogP contribution in [-0.2, 0) is 6.42 Å². The maximum Gasteiger partial charge on any atom is 0.255 e. The van der Waals surface area contributed by atoms with Gasteiger partial charge in [-0.2, -0.15) is 11.3 Å². The normalized spacial score (nSPS) is 12.1. The van der Waals surface area contributed by atoms with Crippen LogP contribution in [0, 0.1) is 5.82 Å². The van der Waals surface area contributed by atoms with Gasteiger partial charge in [-0.15, -0.1) is 0 Å². The van der Waals surface area contributed by atoms with E-state index < -0.39 is 11.7 Å². The quantitative estimate of drug-likeness (QED) is 0.901. The average molecular weight is 279 g/mol. The maximum absolute atomic E-state index is 13.1. The summed E-state index contributed by atoms with van der Waals surface area (Å²) in [6.07, 6.45) is 1.71. The van der Waals surface area contributed by atoms with E-state index >= 15 is 0 Å². The number of pyridine rings is 1. The Hall–Kier alpha value is -1.95. The molecule has 0 aliphatic rings. The molecular formula is C13H14FN3OS. The average Bonchev–Trinajstić information content (AvgIpc) is 2.84. The first kappa shape index (κ1) is 13.5. The molecule has 0 radical (unpaired) electrons. The van der Waals surface area contributed by atoms with E-state index in [-0.39, 0.29) is 17.4 Å². The molecule has 0 aromatic carbocycles. The van der Waals surface area contributed by atoms with Crippen molar-refractivity contribution in [2.24, 2.45) is 0 Å². The van der Waals surface area contributed by atoms with Crippen LogP contribution in [0.25, 0.3) is 0 Å². The number of hydrogen-bond donors (Lipinski definition) is 2. The monoisotopic (exact) mass is 279 g/mol. The van der Waals surface area contributed by atoms with E-state index in [2.05, 4.69) is 10.3 Å². The van der Waals surface area contributed by atoms with Gasteiger partial charge < -0.3 is 11.1 Å². The molecule has 1 atom stereocenters. The first-order valence-corrected chi connectivity index (χ1v) is 6.73. The molecule has 19 heavy (non-hydrogen) atoms. The molecule has 3 N–H and O–H groups in total. The van der Waals surface area contributed by atoms with Crippen molar-refractivity contribution in [3.8, 4) is 0 Å². The van der Waals surface area contributed by atoms with Gasteiger partial charge in [0.25, 0.3) is 5.91 Å². The van der Waals surface area contributed by atoms with Crippen molar-refractivity contribution in [2.75, 3.05) is 5.73 Å². The number of carbonyl (C=O) groups is 1. The summed E-state index contributed by atoms with van der Waals surface area (Å²) in [6, 6.07) is 3.03. The Bertz CT molecular complexity index is 571. The summed E-state index contributed by atoms with van der Waals surface area (Å²) in [5.41, 5.74) is 6.79. The molecule has 0 saturated carbocycles. The molecule has 0 spiro atoms. The number of nitrogen functional groups attached to an aromatic ring is 1. The molecular weight excluding hydrogens is 265 g/mol. The number of anilines is 1. The van der Waals surface area contributed by atoms with Gasteiger partial charge in [0, 0.05) is 6.04 Å². The fourth-order valence-electron chi connectivity index (χ4n) is 1.75. The third kappa shape index (κ3) is 3.51. The highest BCUT2D eigenvalue weighted by Gasteiger charge is 2.14. The van der Waals surface area contributed by atoms with E-state index in [1.807, 2.05) is 23.8 Å². The number of nitrogens with zero attached hydrogens (tertiary/aromatic N) is 1. The van der Waals surface area contributed by atoms with E-state index in [0.29, 0.717) is 0 Å². The Morgan fingerprint density at radius 3 is 3.11 bits per heavy atom. The minimum Gasteiger partial charge on any atom is -0.383 e. The molecule has 4 nitrogen and oxygen atoms in total. The summed E-state index contributed by atoms with van der Waals surface area (Å²) in [5.74, 6) is -0.960. The third-order valence-electron chi connectivity index (χ3n) is 2.63. The van der Waals surface area contributed by atoms with Gasteiger partial charge in [0.2, 0.25) is 0 Å². The number of halogens is 1. The molecule has 1 amide bonds. The molecule has 0 saturated heterocycles. The molecule has 100 valence electrons. The van der Waals surface area contributed by atoms with Crippen molar-refractivity contribution in [1.29, 1.82) is 0 Å². The van der Waals surface area contributed by atoms with Gasteiger partial charge in [-0.05, 0) is 41.8 Å². The largest absolute Gasteiger partial charge is 0.383 e. The number of hydrogen-bond acceptors (Lipinski definition) is 4. The second-order valence-electron chi connectivity index (χ2n) is 4.30. The van der Waals surface area contributed by atoms with Crippen molar-refractivity contribution in [1.82, 2.24) is 10.3 Å². The smallest absolute Gasteiger partial charge is 0.255 e. The van der Waals surface area contributed by atoms with Crippen molar-refractivity contribution in [3.63, 3.8) is 0 Å². The van der Waals surface area contributed by atoms with Crippen LogP contribution < -0.4 is 11.1 Å². The van der Waals surface area contributed by atoms with Crippen molar-refractivity contribution < 1.29 is 9.18 Å². The zero-order valence-corrected chi connectivity index (χ0v) is 11.2. The predicted molar refractivity (Wildman–Crippen MR) is 73.6 cm³/mol. The lowest BCUT2D eigenvalue weighted by molar-refractivity contribution is 0.0940. The van der Waals surface area contributed by atoms with Gasteiger partial charge in [0.1, 0.15) is 11.6 Å². The molecule has 0 bridgehead atoms. The minimum atomic E-state index is -0.579. The summed E-state index contributed by atoms with van der Waals surface area (Å²) in [7, 11) is 0. The molecule has 6 heteroatoms. The number of nitrogens with two attached hydrogens (primary N) is 1. The van der Waals surface area contributed by atoms with Crippen LogP contribution >= 0.6 is 11.3 Å². The van der Waals surface area contributed by atoms with Crippen LogP contribution in [0.15, 0.2) is 29.1 Å². The summed E-state index contributed by atoms with van der Waals surface area (Å²) >= 11 is 1.61. The van der Waals surface area contributed by atoms with Crippen molar-refractivity contribution >= 4 is 23.1 Å². The van der Waals surface area contributed by atoms with Gasteiger partial charge in [-0.1, -0.05) is 0 Å². The van der Waals surface area contributed by atoms with Crippen molar-refractivity contribution in [2.45, 2.75) is 19.4 Å². The molecule has 1 unspecified atom stereocenters. The maximum atomic E-state index is 13.1. The summed E-state index contributed by atoms with van der Waals surface area (Å²) < 4.78 is 13.1. The van der Waals surface area contributed by atoms with Crippen LogP contribution in [0.1, 0.15) is 22.8 Å². The number of amides is 1. The third-order valence-corrected chi connectivity index (χ3v) is 3.36. The lowest BCUT2D eigenvalue weighted by Gasteiger charge is -2.13. The summed E-state index contributed by atoms with van der Waals surface area (Å²) in [4.78, 5) is 15.6. The SMILES string of the molecule is CC(Cc1ccsc1)NC(=O)c1cc(F)cnc1N. The van der Waals surface area contributed by atoms with Gasteiger partial charge >= 0.3 is 0 Å². The van der Waals surface area contributed by atoms with E-state index in [0.717, 1.165) is 24.2 Å². The van der Waals surface area contributed by atoms with E-state index in [1.54, 1.807) is 11.3 Å². The highest BCUT2D eigenvalue weighted by molar-refractivity contribution is 7.07. The number of carbonyl (C=O) groups excluding carboxylic acids is 1. The van der Waals surface area contributed by atoms with Crippen LogP contribution in [0.3, 0.4) is 0 Å². The highest BCUT2D eigenvalue weighted by atomic mass is 32.1. The minimum absolute atomic E-state index is 0.0293. The Balaban J connectivity index is 2.02. The lowest BCUT2D eigenvalue weighted by Crippen LogP contribution is -2.34. The van der Waals surface area contributed by atoms with Crippen LogP contribution in [0.4, 0.5) is 10.2 Å². The zero-order valence-electron chi connectivity index (χ0n) is 10.4. The number of nitrogens with one attached hydrogen (secondary N) is 1. The fraction of sp³-hybridized carbons (Fsp3) is 0.231. The summed E-state index contributed by atoms with van der Waals surface area (Å²) in [6.45, 7) is 1.89. The molecule has 2 heterocycles. The molecule has 2 rings (SSSR count). The number of aromatic nitrogens is 1. The molecule has 0 aliphatic heterocycles. The first-order valence-electron chi connectivity index (χ1n) is 5.79. The zero-order chi connectivity index (χ0) is 13.8. The van der Waals surface area contributed by atoms with Crippen LogP contribution in [-0.4, -0.2) is 16.9 Å². The summed E-state index contributed by atoms with van der Waals surface area (Å²) in [5, 5.41) is 6.79. The van der Waals surface area contributed by atoms with E-state index in [1.165, 1.54) is 0 Å². The van der Waals surface area contributed by atoms with E-state index in [9.17, 15) is 9.18 Å². The van der Waals surface area contributed by atoms with Gasteiger partial charge in [0.05, 0.1) is 11.8 Å². The van der Waals surface area contributed by atoms with Crippen LogP contribution in [0.5, 0.6) is 0 Å². The number of thiophene rings is 1. The van der Waals surface area contributed by atoms with Crippen LogP contribution in [0.2, 0.25) is 0 Å². The predicted octanol–water partition coefficient (Wildman–Crippen LogP) is 2.23. The Morgan fingerprint density at radius 1 is 1.63 bits per heavy atom. The highest BCUT2D eigenvalue weighted by Crippen LogP contribution is 2.12. The first-order chi connectivity index (χ1) is 9.06. The molecule has 2 aromatic rings. The second kappa shape index (κ2) is 5.79. The van der Waals surface area contributed by atoms with Crippen molar-refractivity contribution in [3.05, 3.63) is 46.0 Å². The number of rotatable bonds is 4. The topological polar surface area (TPSA) is 68.0 Å². The van der Waals surface area contributed by atoms with E-state index in [4.69, 9.17) is 5.73 Å².